The van der Waals surface area contributed by atoms with Crippen molar-refractivity contribution in [3.05, 3.63) is 40.0 Å². The number of nitrogens with zero attached hydrogens (tertiary/aromatic N) is 6. The maximum Gasteiger partial charge on any atom is 0.304 e. The molecule has 2 N–H and O–H groups in total. The molecule has 5 rings (SSSR count). The van der Waals surface area contributed by atoms with Gasteiger partial charge >= 0.3 is 5.97 Å². The maximum atomic E-state index is 13.1. The molecule has 1 amide bonds. The van der Waals surface area contributed by atoms with Crippen molar-refractivity contribution in [1.29, 1.82) is 0 Å². The van der Waals surface area contributed by atoms with Gasteiger partial charge in [0.25, 0.3) is 5.91 Å². The SMILES string of the molecule is CCC1CCCN1Cc1sc(NC(=O)c2cnc(N3CCN(CCC(=O)O)CC3)cn2)nc1-c1cc(C)cs1. The van der Waals surface area contributed by atoms with Crippen LogP contribution in [0.3, 0.4) is 0 Å². The zero-order valence-electron chi connectivity index (χ0n) is 22.4. The molecule has 12 heteroatoms. The molecule has 208 valence electrons. The molecule has 10 nitrogen and oxygen atoms in total. The Labute approximate surface area is 236 Å². The van der Waals surface area contributed by atoms with Gasteiger partial charge in [-0.2, -0.15) is 0 Å². The number of hydrogen-bond acceptors (Lipinski definition) is 10. The number of aromatic nitrogens is 3. The molecular weight excluding hydrogens is 534 g/mol. The highest BCUT2D eigenvalue weighted by Crippen LogP contribution is 2.37. The van der Waals surface area contributed by atoms with Gasteiger partial charge in [-0.3, -0.25) is 24.7 Å². The predicted octanol–water partition coefficient (Wildman–Crippen LogP) is 4.19. The minimum Gasteiger partial charge on any atom is -0.481 e. The first-order chi connectivity index (χ1) is 18.9. The highest BCUT2D eigenvalue weighted by Gasteiger charge is 2.26. The molecule has 0 radical (unpaired) electrons. The van der Waals surface area contributed by atoms with E-state index >= 15 is 0 Å². The van der Waals surface area contributed by atoms with Crippen LogP contribution in [0, 0.1) is 6.92 Å². The zero-order valence-corrected chi connectivity index (χ0v) is 24.1. The molecule has 2 aliphatic rings. The number of amides is 1. The second-order valence-electron chi connectivity index (χ2n) is 10.1. The van der Waals surface area contributed by atoms with Crippen LogP contribution in [0.4, 0.5) is 10.9 Å². The molecule has 2 aliphatic heterocycles. The minimum absolute atomic E-state index is 0.149. The highest BCUT2D eigenvalue weighted by molar-refractivity contribution is 7.17. The van der Waals surface area contributed by atoms with Gasteiger partial charge in [0, 0.05) is 50.2 Å². The van der Waals surface area contributed by atoms with Gasteiger partial charge in [-0.1, -0.05) is 18.3 Å². The van der Waals surface area contributed by atoms with Crippen molar-refractivity contribution in [3.8, 4) is 10.6 Å². The number of nitrogens with one attached hydrogen (secondary N) is 1. The summed E-state index contributed by atoms with van der Waals surface area (Å²) in [4.78, 5) is 46.7. The average Bonchev–Trinajstić information content (AvgIpc) is 3.68. The van der Waals surface area contributed by atoms with Crippen molar-refractivity contribution in [1.82, 2.24) is 24.8 Å². The molecule has 2 fully saturated rings. The van der Waals surface area contributed by atoms with Gasteiger partial charge in [0.05, 0.1) is 29.4 Å². The molecule has 1 atom stereocenters. The first-order valence-electron chi connectivity index (χ1n) is 13.5. The van der Waals surface area contributed by atoms with Crippen LogP contribution in [0.15, 0.2) is 23.8 Å². The van der Waals surface area contributed by atoms with E-state index in [0.717, 1.165) is 56.3 Å². The average molecular weight is 570 g/mol. The summed E-state index contributed by atoms with van der Waals surface area (Å²) >= 11 is 3.23. The fraction of sp³-hybridized carbons (Fsp3) is 0.519. The van der Waals surface area contributed by atoms with Crippen molar-refractivity contribution in [3.63, 3.8) is 0 Å². The lowest BCUT2D eigenvalue weighted by Gasteiger charge is -2.34. The highest BCUT2D eigenvalue weighted by atomic mass is 32.1. The van der Waals surface area contributed by atoms with E-state index in [9.17, 15) is 9.59 Å². The first-order valence-corrected chi connectivity index (χ1v) is 15.2. The summed E-state index contributed by atoms with van der Waals surface area (Å²) in [6.07, 6.45) is 6.90. The number of aryl methyl sites for hydroxylation is 1. The summed E-state index contributed by atoms with van der Waals surface area (Å²) in [6.45, 7) is 9.85. The van der Waals surface area contributed by atoms with Crippen LogP contribution >= 0.6 is 22.7 Å². The van der Waals surface area contributed by atoms with Crippen LogP contribution in [-0.4, -0.2) is 87.0 Å². The van der Waals surface area contributed by atoms with Gasteiger partial charge in [0.1, 0.15) is 11.5 Å². The molecule has 3 aromatic heterocycles. The quantitative estimate of drug-likeness (QED) is 0.371. The summed E-state index contributed by atoms with van der Waals surface area (Å²) in [6, 6.07) is 2.76. The lowest BCUT2D eigenvalue weighted by atomic mass is 10.1. The Balaban J connectivity index is 1.24. The first kappa shape index (κ1) is 27.6. The Kier molecular flexibility index (Phi) is 8.85. The van der Waals surface area contributed by atoms with E-state index in [-0.39, 0.29) is 18.0 Å². The molecule has 1 unspecified atom stereocenters. The molecule has 0 aromatic carbocycles. The molecular formula is C27H35N7O3S2. The van der Waals surface area contributed by atoms with Gasteiger partial charge in [-0.25, -0.2) is 15.0 Å². The molecule has 0 aliphatic carbocycles. The number of carbonyl (C=O) groups is 2. The van der Waals surface area contributed by atoms with E-state index in [1.165, 1.54) is 29.5 Å². The number of carboxylic acid groups (broad SMARTS) is 1. The van der Waals surface area contributed by atoms with E-state index in [2.05, 4.69) is 55.3 Å². The van der Waals surface area contributed by atoms with Crippen LogP contribution < -0.4 is 10.2 Å². The monoisotopic (exact) mass is 569 g/mol. The van der Waals surface area contributed by atoms with Crippen LogP contribution in [-0.2, 0) is 11.3 Å². The van der Waals surface area contributed by atoms with Crippen LogP contribution in [0.25, 0.3) is 10.6 Å². The molecule has 0 saturated carbocycles. The van der Waals surface area contributed by atoms with Gasteiger partial charge in [0.2, 0.25) is 0 Å². The molecule has 39 heavy (non-hydrogen) atoms. The topological polar surface area (TPSA) is 115 Å². The molecule has 3 aromatic rings. The summed E-state index contributed by atoms with van der Waals surface area (Å²) < 4.78 is 0. The van der Waals surface area contributed by atoms with Crippen LogP contribution in [0.1, 0.15) is 53.5 Å². The fourth-order valence-electron chi connectivity index (χ4n) is 5.23. The molecule has 0 bridgehead atoms. The van der Waals surface area contributed by atoms with Gasteiger partial charge in [-0.05, 0) is 49.7 Å². The Bertz CT molecular complexity index is 1280. The van der Waals surface area contributed by atoms with Crippen molar-refractivity contribution >= 4 is 45.5 Å². The number of hydrogen-bond donors (Lipinski definition) is 2. The molecule has 2 saturated heterocycles. The summed E-state index contributed by atoms with van der Waals surface area (Å²) in [5.74, 6) is -0.387. The lowest BCUT2D eigenvalue weighted by Crippen LogP contribution is -2.47. The number of carboxylic acids is 1. The third-order valence-corrected chi connectivity index (χ3v) is 9.42. The summed E-state index contributed by atoms with van der Waals surface area (Å²) in [7, 11) is 0. The number of thiophene rings is 1. The molecule has 0 spiro atoms. The van der Waals surface area contributed by atoms with E-state index in [0.29, 0.717) is 23.5 Å². The standard InChI is InChI=1S/C27H35N7O3S2/c1-3-19-5-4-7-34(19)16-22-25(21-13-18(2)17-38-21)30-27(39-22)31-26(37)20-14-29-23(15-28-20)33-11-9-32(10-12-33)8-6-24(35)36/h13-15,17,19H,3-12,16H2,1-2H3,(H,35,36)(H,30,31,37). The van der Waals surface area contributed by atoms with Crippen molar-refractivity contribution < 1.29 is 14.7 Å². The largest absolute Gasteiger partial charge is 0.481 e. The summed E-state index contributed by atoms with van der Waals surface area (Å²) in [5.41, 5.74) is 2.41. The number of thiazole rings is 1. The van der Waals surface area contributed by atoms with Crippen molar-refractivity contribution in [2.24, 2.45) is 0 Å². The van der Waals surface area contributed by atoms with Crippen LogP contribution in [0.2, 0.25) is 0 Å². The molecule has 5 heterocycles. The third-order valence-electron chi connectivity index (χ3n) is 7.41. The fourth-order valence-corrected chi connectivity index (χ4v) is 7.20. The van der Waals surface area contributed by atoms with Crippen LogP contribution in [0.5, 0.6) is 0 Å². The van der Waals surface area contributed by atoms with Gasteiger partial charge in [0.15, 0.2) is 5.13 Å². The Morgan fingerprint density at radius 3 is 2.64 bits per heavy atom. The number of piperazine rings is 1. The Hall–Kier alpha value is -2.93. The van der Waals surface area contributed by atoms with E-state index in [1.54, 1.807) is 28.9 Å². The second-order valence-corrected chi connectivity index (χ2v) is 12.1. The Morgan fingerprint density at radius 2 is 1.97 bits per heavy atom. The number of rotatable bonds is 10. The van der Waals surface area contributed by atoms with E-state index in [1.807, 2.05) is 0 Å². The third kappa shape index (κ3) is 6.81. The van der Waals surface area contributed by atoms with Gasteiger partial charge in [-0.15, -0.1) is 11.3 Å². The Morgan fingerprint density at radius 1 is 1.15 bits per heavy atom. The predicted molar refractivity (Wildman–Crippen MR) is 155 cm³/mol. The number of carbonyl (C=O) groups excluding carboxylic acids is 1. The van der Waals surface area contributed by atoms with E-state index in [4.69, 9.17) is 10.1 Å². The van der Waals surface area contributed by atoms with Gasteiger partial charge < -0.3 is 10.0 Å². The second kappa shape index (κ2) is 12.5. The zero-order chi connectivity index (χ0) is 27.4. The smallest absolute Gasteiger partial charge is 0.304 e. The number of likely N-dealkylation sites (tertiary alicyclic amines) is 1. The van der Waals surface area contributed by atoms with Crippen molar-refractivity contribution in [2.45, 2.75) is 52.1 Å². The minimum atomic E-state index is -0.777. The van der Waals surface area contributed by atoms with E-state index < -0.39 is 5.97 Å². The summed E-state index contributed by atoms with van der Waals surface area (Å²) in [5, 5.41) is 14.6. The number of anilines is 2. The number of aliphatic carboxylic acids is 1. The maximum absolute atomic E-state index is 13.1. The van der Waals surface area contributed by atoms with Crippen molar-refractivity contribution in [2.75, 3.05) is 49.5 Å². The lowest BCUT2D eigenvalue weighted by molar-refractivity contribution is -0.137. The normalized spacial score (nSPS) is 18.5.